The van der Waals surface area contributed by atoms with Crippen LogP contribution in [0.15, 0.2) is 16.3 Å². The molecule has 0 unspecified atom stereocenters. The van der Waals surface area contributed by atoms with E-state index in [9.17, 15) is 18.0 Å². The van der Waals surface area contributed by atoms with Gasteiger partial charge < -0.3 is 5.32 Å². The summed E-state index contributed by atoms with van der Waals surface area (Å²) in [5.74, 6) is -0.643. The summed E-state index contributed by atoms with van der Waals surface area (Å²) < 4.78 is 37.2. The standard InChI is InChI=1S/C8H9F3N2O/c1-5(14)6-4-12-2-3-13-7(6)8(9,10)11/h4,13H,2-3H2,1H3. The van der Waals surface area contributed by atoms with E-state index in [1.165, 1.54) is 0 Å². The monoisotopic (exact) mass is 206 g/mol. The number of alkyl halides is 3. The fourth-order valence-corrected chi connectivity index (χ4v) is 1.08. The Morgan fingerprint density at radius 2 is 2.21 bits per heavy atom. The molecule has 0 saturated carbocycles. The lowest BCUT2D eigenvalue weighted by Gasteiger charge is -2.13. The van der Waals surface area contributed by atoms with Crippen LogP contribution < -0.4 is 5.32 Å². The predicted octanol–water partition coefficient (Wildman–Crippen LogP) is 1.07. The van der Waals surface area contributed by atoms with E-state index in [4.69, 9.17) is 0 Å². The summed E-state index contributed by atoms with van der Waals surface area (Å²) in [6.07, 6.45) is -3.55. The largest absolute Gasteiger partial charge is 0.431 e. The van der Waals surface area contributed by atoms with Gasteiger partial charge in [-0.1, -0.05) is 0 Å². The Bertz CT molecular complexity index is 304. The van der Waals surface area contributed by atoms with Gasteiger partial charge in [0, 0.05) is 12.8 Å². The Hall–Kier alpha value is -1.33. The first kappa shape index (κ1) is 10.7. The number of hydrogen-bond donors (Lipinski definition) is 1. The minimum atomic E-state index is -4.53. The van der Waals surface area contributed by atoms with E-state index >= 15 is 0 Å². The molecule has 0 spiro atoms. The summed E-state index contributed by atoms with van der Waals surface area (Å²) >= 11 is 0. The van der Waals surface area contributed by atoms with Gasteiger partial charge in [-0.15, -0.1) is 0 Å². The Morgan fingerprint density at radius 3 is 2.71 bits per heavy atom. The van der Waals surface area contributed by atoms with Crippen LogP contribution >= 0.6 is 0 Å². The second kappa shape index (κ2) is 3.81. The minimum absolute atomic E-state index is 0.0854. The minimum Gasteiger partial charge on any atom is -0.379 e. The number of allylic oxidation sites excluding steroid dienone is 2. The van der Waals surface area contributed by atoms with Crippen molar-refractivity contribution in [2.75, 3.05) is 13.1 Å². The first-order valence-corrected chi connectivity index (χ1v) is 3.99. The van der Waals surface area contributed by atoms with Crippen LogP contribution in [0.2, 0.25) is 0 Å². The summed E-state index contributed by atoms with van der Waals surface area (Å²) in [4.78, 5) is 14.6. The van der Waals surface area contributed by atoms with E-state index in [2.05, 4.69) is 10.3 Å². The van der Waals surface area contributed by atoms with Gasteiger partial charge in [0.05, 0.1) is 12.1 Å². The predicted molar refractivity (Wildman–Crippen MR) is 45.1 cm³/mol. The summed E-state index contributed by atoms with van der Waals surface area (Å²) in [6, 6.07) is 0. The van der Waals surface area contributed by atoms with Crippen LogP contribution in [0.1, 0.15) is 6.92 Å². The van der Waals surface area contributed by atoms with Crippen molar-refractivity contribution in [3.8, 4) is 0 Å². The average Bonchev–Trinajstić information content (AvgIpc) is 2.26. The highest BCUT2D eigenvalue weighted by Crippen LogP contribution is 2.26. The zero-order chi connectivity index (χ0) is 10.8. The van der Waals surface area contributed by atoms with Gasteiger partial charge in [0.2, 0.25) is 0 Å². The number of Topliss-reactive ketones (excluding diaryl/α,β-unsaturated/α-hetero) is 1. The van der Waals surface area contributed by atoms with E-state index in [1.54, 1.807) is 0 Å². The molecule has 0 aliphatic carbocycles. The molecule has 0 radical (unpaired) electrons. The van der Waals surface area contributed by atoms with Gasteiger partial charge in [-0.25, -0.2) is 0 Å². The topological polar surface area (TPSA) is 41.5 Å². The van der Waals surface area contributed by atoms with Crippen molar-refractivity contribution in [3.63, 3.8) is 0 Å². The lowest BCUT2D eigenvalue weighted by molar-refractivity contribution is -0.115. The molecule has 1 rings (SSSR count). The number of halogens is 3. The van der Waals surface area contributed by atoms with Crippen LogP contribution in [0.4, 0.5) is 13.2 Å². The molecule has 0 aromatic heterocycles. The molecule has 0 fully saturated rings. The maximum atomic E-state index is 12.4. The number of carbonyl (C=O) groups is 1. The molecule has 6 heteroatoms. The highest BCUT2D eigenvalue weighted by atomic mass is 19.4. The zero-order valence-corrected chi connectivity index (χ0v) is 7.48. The van der Waals surface area contributed by atoms with Gasteiger partial charge in [0.15, 0.2) is 5.78 Å². The molecule has 1 aliphatic heterocycles. The number of carbonyl (C=O) groups excluding carboxylic acids is 1. The molecule has 3 nitrogen and oxygen atoms in total. The van der Waals surface area contributed by atoms with E-state index in [-0.39, 0.29) is 13.1 Å². The zero-order valence-electron chi connectivity index (χ0n) is 7.48. The molecular formula is C8H9F3N2O. The molecule has 1 aliphatic rings. The molecule has 0 saturated heterocycles. The molecule has 0 amide bonds. The second-order valence-corrected chi connectivity index (χ2v) is 2.80. The SMILES string of the molecule is CC(=O)C1=C(C(F)(F)F)NCCN=C1. The Kier molecular flexibility index (Phi) is 2.93. The molecule has 1 N–H and O–H groups in total. The smallest absolute Gasteiger partial charge is 0.379 e. The summed E-state index contributed by atoms with van der Waals surface area (Å²) in [6.45, 7) is 1.40. The molecule has 0 aromatic carbocycles. The first-order chi connectivity index (χ1) is 6.43. The maximum Gasteiger partial charge on any atom is 0.431 e. The highest BCUT2D eigenvalue weighted by molar-refractivity contribution is 6.13. The number of nitrogens with one attached hydrogen (secondary N) is 1. The normalized spacial score (nSPS) is 17.7. The molecule has 0 aromatic rings. The second-order valence-electron chi connectivity index (χ2n) is 2.80. The lowest BCUT2D eigenvalue weighted by Crippen LogP contribution is -2.30. The van der Waals surface area contributed by atoms with Crippen LogP contribution in [-0.4, -0.2) is 31.3 Å². The van der Waals surface area contributed by atoms with Crippen molar-refractivity contribution in [2.45, 2.75) is 13.1 Å². The van der Waals surface area contributed by atoms with Crippen LogP contribution in [0, 0.1) is 0 Å². The van der Waals surface area contributed by atoms with E-state index in [0.29, 0.717) is 0 Å². The van der Waals surface area contributed by atoms with E-state index < -0.39 is 23.2 Å². The van der Waals surface area contributed by atoms with Gasteiger partial charge >= 0.3 is 6.18 Å². The number of aliphatic imine (C=N–C) groups is 1. The van der Waals surface area contributed by atoms with Crippen LogP contribution in [-0.2, 0) is 4.79 Å². The third-order valence-electron chi connectivity index (χ3n) is 1.70. The summed E-state index contributed by atoms with van der Waals surface area (Å²) in [5, 5.41) is 2.16. The highest BCUT2D eigenvalue weighted by Gasteiger charge is 2.37. The van der Waals surface area contributed by atoms with Gasteiger partial charge in [0.1, 0.15) is 5.70 Å². The number of hydrogen-bond acceptors (Lipinski definition) is 3. The molecule has 14 heavy (non-hydrogen) atoms. The average molecular weight is 206 g/mol. The fourth-order valence-electron chi connectivity index (χ4n) is 1.08. The Labute approximate surface area is 78.7 Å². The Balaban J connectivity index is 3.16. The summed E-state index contributed by atoms with van der Waals surface area (Å²) in [7, 11) is 0. The summed E-state index contributed by atoms with van der Waals surface area (Å²) in [5.41, 5.74) is -1.40. The lowest BCUT2D eigenvalue weighted by atomic mass is 10.1. The van der Waals surface area contributed by atoms with Crippen molar-refractivity contribution in [2.24, 2.45) is 4.99 Å². The number of nitrogens with zero attached hydrogens (tertiary/aromatic N) is 1. The molecule has 0 atom stereocenters. The molecule has 0 bridgehead atoms. The fraction of sp³-hybridized carbons (Fsp3) is 0.500. The third-order valence-corrected chi connectivity index (χ3v) is 1.70. The van der Waals surface area contributed by atoms with E-state index in [0.717, 1.165) is 13.1 Å². The van der Waals surface area contributed by atoms with E-state index in [1.807, 2.05) is 0 Å². The molecule has 78 valence electrons. The quantitative estimate of drug-likeness (QED) is 0.697. The molecular weight excluding hydrogens is 197 g/mol. The van der Waals surface area contributed by atoms with Crippen LogP contribution in [0.25, 0.3) is 0 Å². The molecule has 1 heterocycles. The van der Waals surface area contributed by atoms with Crippen molar-refractivity contribution < 1.29 is 18.0 Å². The van der Waals surface area contributed by atoms with Crippen LogP contribution in [0.5, 0.6) is 0 Å². The van der Waals surface area contributed by atoms with Gasteiger partial charge in [-0.2, -0.15) is 13.2 Å². The van der Waals surface area contributed by atoms with Gasteiger partial charge in [0.25, 0.3) is 0 Å². The first-order valence-electron chi connectivity index (χ1n) is 3.99. The Morgan fingerprint density at radius 1 is 1.57 bits per heavy atom. The number of ketones is 1. The number of rotatable bonds is 1. The van der Waals surface area contributed by atoms with Crippen molar-refractivity contribution in [1.29, 1.82) is 0 Å². The van der Waals surface area contributed by atoms with Crippen molar-refractivity contribution >= 4 is 12.0 Å². The maximum absolute atomic E-state index is 12.4. The third kappa shape index (κ3) is 2.34. The van der Waals surface area contributed by atoms with Crippen LogP contribution in [0.3, 0.4) is 0 Å². The van der Waals surface area contributed by atoms with Crippen molar-refractivity contribution in [1.82, 2.24) is 5.32 Å². The van der Waals surface area contributed by atoms with Gasteiger partial charge in [-0.05, 0) is 6.92 Å². The van der Waals surface area contributed by atoms with Gasteiger partial charge in [-0.3, -0.25) is 9.79 Å². The van der Waals surface area contributed by atoms with Crippen molar-refractivity contribution in [3.05, 3.63) is 11.3 Å².